The van der Waals surface area contributed by atoms with Crippen molar-refractivity contribution in [3.05, 3.63) is 28.2 Å². The number of imide groups is 1. The second-order valence-corrected chi connectivity index (χ2v) is 5.98. The van der Waals surface area contributed by atoms with Crippen LogP contribution in [0.1, 0.15) is 12.8 Å². The summed E-state index contributed by atoms with van der Waals surface area (Å²) < 4.78 is 4.83. The molecule has 0 aliphatic carbocycles. The van der Waals surface area contributed by atoms with E-state index in [2.05, 4.69) is 10.6 Å². The minimum Gasteiger partial charge on any atom is -0.456 e. The Morgan fingerprint density at radius 2 is 2.04 bits per heavy atom. The molecule has 1 fully saturated rings. The molecular weight excluding hydrogens is 373 g/mol. The third-order valence-corrected chi connectivity index (χ3v) is 3.83. The van der Waals surface area contributed by atoms with Gasteiger partial charge in [-0.15, -0.1) is 0 Å². The van der Waals surface area contributed by atoms with Crippen molar-refractivity contribution in [2.24, 2.45) is 0 Å². The van der Waals surface area contributed by atoms with Gasteiger partial charge in [0.05, 0.1) is 17.3 Å². The number of carbonyl (C=O) groups is 4. The lowest BCUT2D eigenvalue weighted by molar-refractivity contribution is -0.147. The van der Waals surface area contributed by atoms with Crippen molar-refractivity contribution in [1.82, 2.24) is 10.2 Å². The van der Waals surface area contributed by atoms with E-state index in [9.17, 15) is 19.2 Å². The van der Waals surface area contributed by atoms with E-state index in [0.29, 0.717) is 15.7 Å². The van der Waals surface area contributed by atoms with Gasteiger partial charge < -0.3 is 15.4 Å². The SMILES string of the molecule is O=C(COC(=O)CCCN1C(=O)CNC1=O)Nc1cc(Cl)ccc1Cl. The van der Waals surface area contributed by atoms with E-state index in [1.165, 1.54) is 12.1 Å². The van der Waals surface area contributed by atoms with Crippen LogP contribution in [0.3, 0.4) is 0 Å². The predicted molar refractivity (Wildman–Crippen MR) is 90.4 cm³/mol. The Balaban J connectivity index is 1.69. The maximum atomic E-state index is 11.8. The smallest absolute Gasteiger partial charge is 0.324 e. The summed E-state index contributed by atoms with van der Waals surface area (Å²) in [6.07, 6.45) is 0.224. The number of rotatable bonds is 7. The third kappa shape index (κ3) is 5.61. The molecule has 1 saturated heterocycles. The first kappa shape index (κ1) is 19.0. The number of anilines is 1. The first-order valence-corrected chi connectivity index (χ1v) is 8.11. The first-order valence-electron chi connectivity index (χ1n) is 7.35. The molecule has 1 aromatic carbocycles. The monoisotopic (exact) mass is 387 g/mol. The highest BCUT2D eigenvalue weighted by molar-refractivity contribution is 6.35. The van der Waals surface area contributed by atoms with E-state index >= 15 is 0 Å². The number of ether oxygens (including phenoxy) is 1. The Kier molecular flexibility index (Phi) is 6.60. The number of esters is 1. The van der Waals surface area contributed by atoms with Gasteiger partial charge in [-0.3, -0.25) is 19.3 Å². The van der Waals surface area contributed by atoms with Crippen molar-refractivity contribution >= 4 is 52.7 Å². The molecule has 25 heavy (non-hydrogen) atoms. The maximum Gasteiger partial charge on any atom is 0.324 e. The van der Waals surface area contributed by atoms with Crippen molar-refractivity contribution in [3.8, 4) is 0 Å². The third-order valence-electron chi connectivity index (χ3n) is 3.27. The van der Waals surface area contributed by atoms with E-state index in [-0.39, 0.29) is 31.8 Å². The summed E-state index contributed by atoms with van der Waals surface area (Å²) in [5, 5.41) is 5.56. The molecule has 0 radical (unpaired) electrons. The van der Waals surface area contributed by atoms with Gasteiger partial charge in [-0.2, -0.15) is 0 Å². The molecule has 1 aromatic rings. The van der Waals surface area contributed by atoms with Gasteiger partial charge in [-0.25, -0.2) is 4.79 Å². The molecule has 1 aliphatic rings. The highest BCUT2D eigenvalue weighted by Gasteiger charge is 2.27. The summed E-state index contributed by atoms with van der Waals surface area (Å²) in [4.78, 5) is 47.0. The molecule has 0 spiro atoms. The highest BCUT2D eigenvalue weighted by atomic mass is 35.5. The fraction of sp³-hybridized carbons (Fsp3) is 0.333. The standard InChI is InChI=1S/C15H15Cl2N3O5/c16-9-3-4-10(17)11(6-9)19-12(21)8-25-14(23)2-1-5-20-13(22)7-18-15(20)24/h3-4,6H,1-2,5,7-8H2,(H,18,24)(H,19,21). The fourth-order valence-corrected chi connectivity index (χ4v) is 2.40. The first-order chi connectivity index (χ1) is 11.9. The minimum atomic E-state index is -0.612. The van der Waals surface area contributed by atoms with Crippen LogP contribution in [-0.2, 0) is 19.1 Å². The molecule has 0 saturated carbocycles. The zero-order valence-corrected chi connectivity index (χ0v) is 14.5. The Bertz CT molecular complexity index is 694. The van der Waals surface area contributed by atoms with Crippen LogP contribution in [0.25, 0.3) is 0 Å². The Morgan fingerprint density at radius 3 is 2.72 bits per heavy atom. The summed E-state index contributed by atoms with van der Waals surface area (Å²) in [5.74, 6) is -1.51. The van der Waals surface area contributed by atoms with Crippen LogP contribution in [0, 0.1) is 0 Å². The normalized spacial score (nSPS) is 13.6. The van der Waals surface area contributed by atoms with Gasteiger partial charge in [0.1, 0.15) is 0 Å². The van der Waals surface area contributed by atoms with Crippen molar-refractivity contribution in [3.63, 3.8) is 0 Å². The van der Waals surface area contributed by atoms with E-state index in [0.717, 1.165) is 4.90 Å². The average molecular weight is 388 g/mol. The number of nitrogens with zero attached hydrogens (tertiary/aromatic N) is 1. The van der Waals surface area contributed by atoms with Gasteiger partial charge in [0.15, 0.2) is 6.61 Å². The Hall–Kier alpha value is -2.32. The van der Waals surface area contributed by atoms with E-state index < -0.39 is 24.5 Å². The van der Waals surface area contributed by atoms with Crippen molar-refractivity contribution in [1.29, 1.82) is 0 Å². The van der Waals surface area contributed by atoms with Gasteiger partial charge in [0.25, 0.3) is 5.91 Å². The second-order valence-electron chi connectivity index (χ2n) is 5.14. The lowest BCUT2D eigenvalue weighted by atomic mass is 10.3. The molecular formula is C15H15Cl2N3O5. The summed E-state index contributed by atoms with van der Waals surface area (Å²) in [6.45, 7) is -0.398. The fourth-order valence-electron chi connectivity index (χ4n) is 2.06. The number of hydrogen-bond donors (Lipinski definition) is 2. The summed E-state index contributed by atoms with van der Waals surface area (Å²) in [7, 11) is 0. The van der Waals surface area contributed by atoms with Crippen LogP contribution in [0.2, 0.25) is 10.0 Å². The van der Waals surface area contributed by atoms with Crippen molar-refractivity contribution < 1.29 is 23.9 Å². The molecule has 134 valence electrons. The number of nitrogens with one attached hydrogen (secondary N) is 2. The molecule has 1 heterocycles. The van der Waals surface area contributed by atoms with Crippen LogP contribution in [0.15, 0.2) is 18.2 Å². The Morgan fingerprint density at radius 1 is 1.28 bits per heavy atom. The highest BCUT2D eigenvalue weighted by Crippen LogP contribution is 2.25. The van der Waals surface area contributed by atoms with Crippen LogP contribution >= 0.6 is 23.2 Å². The van der Waals surface area contributed by atoms with E-state index in [1.807, 2.05) is 0 Å². The Labute approximate surface area is 153 Å². The maximum absolute atomic E-state index is 11.8. The number of urea groups is 1. The van der Waals surface area contributed by atoms with Gasteiger partial charge in [-0.05, 0) is 24.6 Å². The zero-order chi connectivity index (χ0) is 18.4. The predicted octanol–water partition coefficient (Wildman–Crippen LogP) is 1.81. The number of benzene rings is 1. The number of hydrogen-bond acceptors (Lipinski definition) is 5. The summed E-state index contributed by atoms with van der Waals surface area (Å²) >= 11 is 11.7. The average Bonchev–Trinajstić information content (AvgIpc) is 2.88. The van der Waals surface area contributed by atoms with Crippen LogP contribution in [0.5, 0.6) is 0 Å². The summed E-state index contributed by atoms with van der Waals surface area (Å²) in [5.41, 5.74) is 0.314. The lowest BCUT2D eigenvalue weighted by Crippen LogP contribution is -2.32. The molecule has 8 nitrogen and oxygen atoms in total. The topological polar surface area (TPSA) is 105 Å². The molecule has 0 aromatic heterocycles. The van der Waals surface area contributed by atoms with Gasteiger partial charge >= 0.3 is 12.0 Å². The van der Waals surface area contributed by atoms with Gasteiger partial charge in [0.2, 0.25) is 5.91 Å². The van der Waals surface area contributed by atoms with Crippen molar-refractivity contribution in [2.45, 2.75) is 12.8 Å². The molecule has 0 bridgehead atoms. The molecule has 0 atom stereocenters. The second kappa shape index (κ2) is 8.68. The van der Waals surface area contributed by atoms with Gasteiger partial charge in [0, 0.05) is 18.0 Å². The summed E-state index contributed by atoms with van der Waals surface area (Å²) in [6, 6.07) is 4.10. The largest absolute Gasteiger partial charge is 0.456 e. The molecule has 1 aliphatic heterocycles. The lowest BCUT2D eigenvalue weighted by Gasteiger charge is -2.11. The molecule has 4 amide bonds. The van der Waals surface area contributed by atoms with Crippen LogP contribution in [0.4, 0.5) is 10.5 Å². The number of halogens is 2. The van der Waals surface area contributed by atoms with Crippen LogP contribution in [-0.4, -0.2) is 48.4 Å². The molecule has 2 rings (SSSR count). The van der Waals surface area contributed by atoms with E-state index in [4.69, 9.17) is 27.9 Å². The number of carbonyl (C=O) groups excluding carboxylic acids is 4. The minimum absolute atomic E-state index is 0.0255. The molecule has 0 unspecified atom stereocenters. The van der Waals surface area contributed by atoms with Gasteiger partial charge in [-0.1, -0.05) is 23.2 Å². The van der Waals surface area contributed by atoms with E-state index in [1.54, 1.807) is 6.07 Å². The van der Waals surface area contributed by atoms with Crippen molar-refractivity contribution in [2.75, 3.05) is 25.0 Å². The zero-order valence-electron chi connectivity index (χ0n) is 13.0. The quantitative estimate of drug-likeness (QED) is 0.548. The van der Waals surface area contributed by atoms with Crippen LogP contribution < -0.4 is 10.6 Å². The number of amides is 4. The molecule has 2 N–H and O–H groups in total. The molecule has 10 heteroatoms.